The molecule has 0 aliphatic carbocycles. The minimum Gasteiger partial charge on any atom is -0.399 e. The highest BCUT2D eigenvalue weighted by Crippen LogP contribution is 2.23. The van der Waals surface area contributed by atoms with E-state index in [1.807, 2.05) is 18.4 Å². The van der Waals surface area contributed by atoms with Crippen molar-refractivity contribution < 1.29 is 8.42 Å². The molecule has 0 aliphatic rings. The van der Waals surface area contributed by atoms with Crippen molar-refractivity contribution in [2.45, 2.75) is 16.7 Å². The van der Waals surface area contributed by atoms with Crippen LogP contribution >= 0.6 is 11.8 Å². The van der Waals surface area contributed by atoms with Gasteiger partial charge in [0.25, 0.3) is 10.0 Å². The minimum atomic E-state index is -3.59. The number of sulfonamides is 1. The van der Waals surface area contributed by atoms with E-state index < -0.39 is 10.0 Å². The average molecular weight is 308 g/mol. The number of rotatable bonds is 4. The molecule has 0 saturated heterocycles. The van der Waals surface area contributed by atoms with Crippen LogP contribution in [0.15, 0.2) is 52.3 Å². The highest BCUT2D eigenvalue weighted by Gasteiger charge is 2.15. The van der Waals surface area contributed by atoms with Gasteiger partial charge in [-0.15, -0.1) is 11.8 Å². The zero-order chi connectivity index (χ0) is 14.8. The molecule has 6 heteroatoms. The van der Waals surface area contributed by atoms with Crippen LogP contribution in [0.3, 0.4) is 0 Å². The van der Waals surface area contributed by atoms with E-state index in [9.17, 15) is 8.42 Å². The summed E-state index contributed by atoms with van der Waals surface area (Å²) >= 11 is 1.56. The topological polar surface area (TPSA) is 72.2 Å². The van der Waals surface area contributed by atoms with Gasteiger partial charge in [0.1, 0.15) is 0 Å². The molecule has 106 valence electrons. The molecule has 0 unspecified atom stereocenters. The summed E-state index contributed by atoms with van der Waals surface area (Å²) in [4.78, 5) is 1.21. The first kappa shape index (κ1) is 14.7. The van der Waals surface area contributed by atoms with Gasteiger partial charge in [-0.25, -0.2) is 8.42 Å². The summed E-state index contributed by atoms with van der Waals surface area (Å²) in [6, 6.07) is 11.9. The standard InChI is InChI=1S/C14H16N2O2S2/c1-10-8-13(6-7-14(10)15)20(17,18)16-11-4-3-5-12(9-11)19-2/h3-9,16H,15H2,1-2H3. The molecule has 20 heavy (non-hydrogen) atoms. The first-order chi connectivity index (χ1) is 9.42. The van der Waals surface area contributed by atoms with Gasteiger partial charge in [0, 0.05) is 16.3 Å². The lowest BCUT2D eigenvalue weighted by molar-refractivity contribution is 0.601. The first-order valence-corrected chi connectivity index (χ1v) is 8.66. The molecule has 0 fully saturated rings. The lowest BCUT2D eigenvalue weighted by atomic mass is 10.2. The Kier molecular flexibility index (Phi) is 4.25. The van der Waals surface area contributed by atoms with Crippen molar-refractivity contribution in [1.29, 1.82) is 0 Å². The van der Waals surface area contributed by atoms with Gasteiger partial charge < -0.3 is 5.73 Å². The summed E-state index contributed by atoms with van der Waals surface area (Å²) in [5.41, 5.74) is 7.57. The van der Waals surface area contributed by atoms with Crippen molar-refractivity contribution in [2.24, 2.45) is 0 Å². The molecule has 0 radical (unpaired) electrons. The van der Waals surface area contributed by atoms with Crippen LogP contribution in [-0.2, 0) is 10.0 Å². The predicted molar refractivity (Wildman–Crippen MR) is 84.6 cm³/mol. The molecule has 0 spiro atoms. The summed E-state index contributed by atoms with van der Waals surface area (Å²) in [5.74, 6) is 0. The lowest BCUT2D eigenvalue weighted by Crippen LogP contribution is -2.13. The molecule has 4 nitrogen and oxygen atoms in total. The smallest absolute Gasteiger partial charge is 0.261 e. The van der Waals surface area contributed by atoms with Crippen LogP contribution in [0.2, 0.25) is 0 Å². The zero-order valence-corrected chi connectivity index (χ0v) is 12.9. The number of benzene rings is 2. The number of nitrogen functional groups attached to an aromatic ring is 1. The zero-order valence-electron chi connectivity index (χ0n) is 11.3. The van der Waals surface area contributed by atoms with Crippen LogP contribution in [-0.4, -0.2) is 14.7 Å². The van der Waals surface area contributed by atoms with Crippen molar-refractivity contribution in [3.05, 3.63) is 48.0 Å². The van der Waals surface area contributed by atoms with Crippen LogP contribution in [0.25, 0.3) is 0 Å². The van der Waals surface area contributed by atoms with Crippen LogP contribution in [0.1, 0.15) is 5.56 Å². The molecule has 2 aromatic carbocycles. The Morgan fingerprint density at radius 3 is 2.55 bits per heavy atom. The fourth-order valence-corrected chi connectivity index (χ4v) is 3.31. The third-order valence-corrected chi connectivity index (χ3v) is 4.98. The van der Waals surface area contributed by atoms with Crippen molar-refractivity contribution in [3.8, 4) is 0 Å². The molecule has 2 aromatic rings. The van der Waals surface area contributed by atoms with Crippen LogP contribution in [0, 0.1) is 6.92 Å². The van der Waals surface area contributed by atoms with Crippen LogP contribution in [0.5, 0.6) is 0 Å². The van der Waals surface area contributed by atoms with Crippen molar-refractivity contribution in [1.82, 2.24) is 0 Å². The number of hydrogen-bond acceptors (Lipinski definition) is 4. The number of nitrogens with two attached hydrogens (primary N) is 1. The number of aryl methyl sites for hydroxylation is 1. The molecule has 3 N–H and O–H groups in total. The van der Waals surface area contributed by atoms with Gasteiger partial charge >= 0.3 is 0 Å². The van der Waals surface area contributed by atoms with Crippen LogP contribution < -0.4 is 10.5 Å². The van der Waals surface area contributed by atoms with E-state index in [4.69, 9.17) is 5.73 Å². The Morgan fingerprint density at radius 1 is 1.15 bits per heavy atom. The van der Waals surface area contributed by atoms with E-state index >= 15 is 0 Å². The van der Waals surface area contributed by atoms with E-state index in [0.717, 1.165) is 10.5 Å². The van der Waals surface area contributed by atoms with Gasteiger partial charge in [0.05, 0.1) is 4.90 Å². The first-order valence-electron chi connectivity index (χ1n) is 5.95. The largest absolute Gasteiger partial charge is 0.399 e. The van der Waals surface area contributed by atoms with Gasteiger partial charge in [-0.05, 0) is 55.1 Å². The molecule has 0 aliphatic heterocycles. The maximum atomic E-state index is 12.3. The van der Waals surface area contributed by atoms with E-state index in [1.54, 1.807) is 43.0 Å². The number of hydrogen-bond donors (Lipinski definition) is 2. The Balaban J connectivity index is 2.32. The Bertz CT molecular complexity index is 728. The molecule has 0 aromatic heterocycles. The fourth-order valence-electron chi connectivity index (χ4n) is 1.72. The number of nitrogens with one attached hydrogen (secondary N) is 1. The second kappa shape index (κ2) is 5.76. The molecule has 0 heterocycles. The monoisotopic (exact) mass is 308 g/mol. The summed E-state index contributed by atoms with van der Waals surface area (Å²) in [5, 5.41) is 0. The SMILES string of the molecule is CSc1cccc(NS(=O)(=O)c2ccc(N)c(C)c2)c1. The average Bonchev–Trinajstić information content (AvgIpc) is 2.41. The highest BCUT2D eigenvalue weighted by molar-refractivity contribution is 7.98. The summed E-state index contributed by atoms with van der Waals surface area (Å²) in [7, 11) is -3.59. The van der Waals surface area contributed by atoms with Crippen molar-refractivity contribution in [2.75, 3.05) is 16.7 Å². The Hall–Kier alpha value is -1.66. The molecule has 0 bridgehead atoms. The van der Waals surface area contributed by atoms with E-state index in [0.29, 0.717) is 11.4 Å². The third kappa shape index (κ3) is 3.26. The molecule has 0 amide bonds. The Labute approximate surface area is 123 Å². The van der Waals surface area contributed by atoms with Gasteiger partial charge in [0.15, 0.2) is 0 Å². The lowest BCUT2D eigenvalue weighted by Gasteiger charge is -2.10. The van der Waals surface area contributed by atoms with Crippen molar-refractivity contribution in [3.63, 3.8) is 0 Å². The van der Waals surface area contributed by atoms with E-state index in [-0.39, 0.29) is 4.90 Å². The van der Waals surface area contributed by atoms with Gasteiger partial charge in [0.2, 0.25) is 0 Å². The molecular formula is C14H16N2O2S2. The Morgan fingerprint density at radius 2 is 1.90 bits per heavy atom. The van der Waals surface area contributed by atoms with Gasteiger partial charge in [-0.2, -0.15) is 0 Å². The predicted octanol–water partition coefficient (Wildman–Crippen LogP) is 3.10. The second-order valence-electron chi connectivity index (χ2n) is 4.36. The normalized spacial score (nSPS) is 11.3. The van der Waals surface area contributed by atoms with Gasteiger partial charge in [-0.3, -0.25) is 4.72 Å². The third-order valence-electron chi connectivity index (χ3n) is 2.87. The second-order valence-corrected chi connectivity index (χ2v) is 6.92. The number of anilines is 2. The molecular weight excluding hydrogens is 292 g/mol. The molecule has 2 rings (SSSR count). The highest BCUT2D eigenvalue weighted by atomic mass is 32.2. The number of thioether (sulfide) groups is 1. The maximum absolute atomic E-state index is 12.3. The fraction of sp³-hybridized carbons (Fsp3) is 0.143. The van der Waals surface area contributed by atoms with E-state index in [2.05, 4.69) is 4.72 Å². The van der Waals surface area contributed by atoms with Crippen molar-refractivity contribution >= 4 is 33.2 Å². The van der Waals surface area contributed by atoms with E-state index in [1.165, 1.54) is 6.07 Å². The summed E-state index contributed by atoms with van der Waals surface area (Å²) in [6.07, 6.45) is 1.94. The molecule has 0 saturated carbocycles. The molecule has 0 atom stereocenters. The maximum Gasteiger partial charge on any atom is 0.261 e. The van der Waals surface area contributed by atoms with Crippen LogP contribution in [0.4, 0.5) is 11.4 Å². The minimum absolute atomic E-state index is 0.207. The quantitative estimate of drug-likeness (QED) is 0.672. The summed E-state index contributed by atoms with van der Waals surface area (Å²) < 4.78 is 27.2. The van der Waals surface area contributed by atoms with Gasteiger partial charge in [-0.1, -0.05) is 6.07 Å². The summed E-state index contributed by atoms with van der Waals surface area (Å²) in [6.45, 7) is 1.78.